The van der Waals surface area contributed by atoms with Crippen molar-refractivity contribution in [2.45, 2.75) is 85.1 Å². The van der Waals surface area contributed by atoms with Crippen molar-refractivity contribution >= 4 is 34.9 Å². The van der Waals surface area contributed by atoms with Gasteiger partial charge in [0.15, 0.2) is 11.2 Å². The average molecular weight is 585 g/mol. The molecule has 226 valence electrons. The Labute approximate surface area is 241 Å². The van der Waals surface area contributed by atoms with Crippen molar-refractivity contribution in [1.29, 1.82) is 0 Å². The van der Waals surface area contributed by atoms with E-state index in [9.17, 15) is 24.3 Å². The largest absolute Gasteiger partial charge is 0.497 e. The second kappa shape index (κ2) is 16.4. The van der Waals surface area contributed by atoms with Crippen molar-refractivity contribution in [3.05, 3.63) is 29.8 Å². The maximum Gasteiger partial charge on any atom is 0.407 e. The summed E-state index contributed by atoms with van der Waals surface area (Å²) in [6, 6.07) is 5.88. The molecule has 1 aromatic carbocycles. The van der Waals surface area contributed by atoms with E-state index in [1.165, 1.54) is 6.92 Å². The summed E-state index contributed by atoms with van der Waals surface area (Å²) in [7, 11) is 1.57. The Bertz CT molecular complexity index is 971. The standard InChI is InChI=1S/C28H44N2O9S/c1-19(32)40-18-21(10-9-15-29-26(35)37-17-20-11-13-22(36-8)14-12-20)24(33)39-30(27(2,3)4)23(16-31)25(34)38-28(5,6)7/h11-14,21,23,31H,9-10,15-18H2,1-8H3,(H,29,35)/t21?,23-/m0/s1. The first-order valence-electron chi connectivity index (χ1n) is 13.1. The molecule has 1 aromatic rings. The number of rotatable bonds is 14. The number of nitrogens with one attached hydrogen (secondary N) is 1. The third kappa shape index (κ3) is 13.5. The SMILES string of the molecule is COc1ccc(COC(=O)NCCCC(CSC(C)=O)C(=O)ON([C@@H](CO)C(=O)OC(C)(C)C)C(C)(C)C)cc1. The summed E-state index contributed by atoms with van der Waals surface area (Å²) < 4.78 is 15.7. The summed E-state index contributed by atoms with van der Waals surface area (Å²) in [5.74, 6) is -1.25. The minimum atomic E-state index is -1.24. The average Bonchev–Trinajstić information content (AvgIpc) is 2.85. The Balaban J connectivity index is 2.77. The summed E-state index contributed by atoms with van der Waals surface area (Å²) in [5, 5.41) is 13.6. The van der Waals surface area contributed by atoms with Crippen LogP contribution < -0.4 is 10.1 Å². The number of methoxy groups -OCH3 is 1. The van der Waals surface area contributed by atoms with Crippen LogP contribution >= 0.6 is 11.8 Å². The van der Waals surface area contributed by atoms with Crippen molar-refractivity contribution in [2.75, 3.05) is 26.0 Å². The Kier molecular flexibility index (Phi) is 14.5. The number of thioether (sulfide) groups is 1. The first-order chi connectivity index (χ1) is 18.6. The third-order valence-corrected chi connectivity index (χ3v) is 6.31. The summed E-state index contributed by atoms with van der Waals surface area (Å²) in [6.45, 7) is 11.4. The van der Waals surface area contributed by atoms with Crippen molar-refractivity contribution in [1.82, 2.24) is 10.4 Å². The molecule has 0 radical (unpaired) electrons. The zero-order valence-corrected chi connectivity index (χ0v) is 25.6. The van der Waals surface area contributed by atoms with E-state index >= 15 is 0 Å². The molecule has 0 aliphatic carbocycles. The zero-order valence-electron chi connectivity index (χ0n) is 24.8. The maximum absolute atomic E-state index is 13.2. The monoisotopic (exact) mass is 584 g/mol. The molecule has 0 aromatic heterocycles. The van der Waals surface area contributed by atoms with E-state index in [0.717, 1.165) is 22.4 Å². The molecule has 0 fully saturated rings. The van der Waals surface area contributed by atoms with E-state index in [4.69, 9.17) is 19.0 Å². The number of carbonyl (C=O) groups excluding carboxylic acids is 4. The molecule has 1 rings (SSSR count). The lowest BCUT2D eigenvalue weighted by Gasteiger charge is -2.38. The van der Waals surface area contributed by atoms with Gasteiger partial charge in [0.1, 0.15) is 18.0 Å². The highest BCUT2D eigenvalue weighted by atomic mass is 32.2. The Morgan fingerprint density at radius 2 is 1.65 bits per heavy atom. The normalized spacial score (nSPS) is 13.2. The smallest absolute Gasteiger partial charge is 0.407 e. The summed E-state index contributed by atoms with van der Waals surface area (Å²) in [4.78, 5) is 55.4. The lowest BCUT2D eigenvalue weighted by atomic mass is 10.0. The van der Waals surface area contributed by atoms with Gasteiger partial charge in [-0.05, 0) is 72.1 Å². The minimum Gasteiger partial charge on any atom is -0.497 e. The number of aliphatic hydroxyl groups is 1. The van der Waals surface area contributed by atoms with Crippen LogP contribution in [0.15, 0.2) is 24.3 Å². The van der Waals surface area contributed by atoms with Gasteiger partial charge >= 0.3 is 18.0 Å². The van der Waals surface area contributed by atoms with Crippen LogP contribution in [0, 0.1) is 5.92 Å². The van der Waals surface area contributed by atoms with Gasteiger partial charge in [-0.15, -0.1) is 5.06 Å². The van der Waals surface area contributed by atoms with Gasteiger partial charge in [0, 0.05) is 24.8 Å². The van der Waals surface area contributed by atoms with E-state index in [-0.39, 0.29) is 24.0 Å². The van der Waals surface area contributed by atoms with Crippen LogP contribution in [0.5, 0.6) is 5.75 Å². The number of ether oxygens (including phenoxy) is 3. The molecule has 0 aliphatic rings. The van der Waals surface area contributed by atoms with Crippen molar-refractivity contribution < 1.29 is 43.3 Å². The zero-order chi connectivity index (χ0) is 30.5. The predicted molar refractivity (Wildman–Crippen MR) is 151 cm³/mol. The molecule has 0 saturated heterocycles. The van der Waals surface area contributed by atoms with E-state index in [0.29, 0.717) is 18.6 Å². The van der Waals surface area contributed by atoms with Crippen LogP contribution in [0.3, 0.4) is 0 Å². The van der Waals surface area contributed by atoms with Gasteiger partial charge in [0.25, 0.3) is 0 Å². The fourth-order valence-corrected chi connectivity index (χ4v) is 4.14. The fraction of sp³-hybridized carbons (Fsp3) is 0.643. The molecule has 0 heterocycles. The summed E-state index contributed by atoms with van der Waals surface area (Å²) in [5.41, 5.74) is -0.856. The van der Waals surface area contributed by atoms with Crippen LogP contribution in [0.4, 0.5) is 4.79 Å². The van der Waals surface area contributed by atoms with Crippen LogP contribution in [-0.4, -0.2) is 76.5 Å². The highest BCUT2D eigenvalue weighted by molar-refractivity contribution is 8.13. The second-order valence-electron chi connectivity index (χ2n) is 11.1. The van der Waals surface area contributed by atoms with Crippen LogP contribution in [0.2, 0.25) is 0 Å². The van der Waals surface area contributed by atoms with Gasteiger partial charge in [-0.1, -0.05) is 23.9 Å². The highest BCUT2D eigenvalue weighted by Gasteiger charge is 2.40. The van der Waals surface area contributed by atoms with Gasteiger partial charge in [-0.3, -0.25) is 14.4 Å². The van der Waals surface area contributed by atoms with E-state index in [1.54, 1.807) is 72.9 Å². The maximum atomic E-state index is 13.2. The Hall–Kier alpha value is -2.83. The Morgan fingerprint density at radius 3 is 2.15 bits per heavy atom. The van der Waals surface area contributed by atoms with Gasteiger partial charge < -0.3 is 29.5 Å². The molecule has 2 N–H and O–H groups in total. The predicted octanol–water partition coefficient (Wildman–Crippen LogP) is 3.86. The number of amides is 1. The molecule has 0 aliphatic heterocycles. The summed E-state index contributed by atoms with van der Waals surface area (Å²) in [6.07, 6.45) is 0.0996. The van der Waals surface area contributed by atoms with Crippen molar-refractivity contribution in [3.8, 4) is 5.75 Å². The molecule has 12 heteroatoms. The quantitative estimate of drug-likeness (QED) is 0.187. The first kappa shape index (κ1) is 35.2. The molecular weight excluding hydrogens is 540 g/mol. The molecule has 2 atom stereocenters. The Morgan fingerprint density at radius 1 is 1.02 bits per heavy atom. The highest BCUT2D eigenvalue weighted by Crippen LogP contribution is 2.24. The molecule has 0 saturated carbocycles. The van der Waals surface area contributed by atoms with E-state index < -0.39 is 47.7 Å². The lowest BCUT2D eigenvalue weighted by Crippen LogP contribution is -2.55. The van der Waals surface area contributed by atoms with Crippen LogP contribution in [0.25, 0.3) is 0 Å². The molecule has 40 heavy (non-hydrogen) atoms. The fourth-order valence-electron chi connectivity index (χ4n) is 3.40. The van der Waals surface area contributed by atoms with Crippen LogP contribution in [0.1, 0.15) is 66.9 Å². The third-order valence-electron chi connectivity index (χ3n) is 5.33. The van der Waals surface area contributed by atoms with E-state index in [1.807, 2.05) is 0 Å². The topological polar surface area (TPSA) is 141 Å². The molecule has 0 spiro atoms. The van der Waals surface area contributed by atoms with Gasteiger partial charge in [-0.2, -0.15) is 0 Å². The van der Waals surface area contributed by atoms with Crippen molar-refractivity contribution in [2.24, 2.45) is 5.92 Å². The molecule has 11 nitrogen and oxygen atoms in total. The number of alkyl carbamates (subject to hydrolysis) is 1. The van der Waals surface area contributed by atoms with Gasteiger partial charge in [-0.25, -0.2) is 4.79 Å². The molecular formula is C28H44N2O9S. The van der Waals surface area contributed by atoms with Crippen molar-refractivity contribution in [3.63, 3.8) is 0 Å². The summed E-state index contributed by atoms with van der Waals surface area (Å²) >= 11 is 0.983. The first-order valence-corrected chi connectivity index (χ1v) is 14.1. The van der Waals surface area contributed by atoms with Crippen LogP contribution in [-0.2, 0) is 35.3 Å². The lowest BCUT2D eigenvalue weighted by molar-refractivity contribution is -0.243. The number of esters is 1. The number of benzene rings is 1. The molecule has 1 amide bonds. The molecule has 0 bridgehead atoms. The number of hydroxylamine groups is 2. The number of carbonyl (C=O) groups is 4. The van der Waals surface area contributed by atoms with E-state index in [2.05, 4.69) is 5.32 Å². The second-order valence-corrected chi connectivity index (χ2v) is 12.3. The van der Waals surface area contributed by atoms with Gasteiger partial charge in [0.05, 0.1) is 19.6 Å². The number of hydrogen-bond acceptors (Lipinski definition) is 11. The minimum absolute atomic E-state index is 0.0896. The number of hydrogen-bond donors (Lipinski definition) is 2. The number of aliphatic hydroxyl groups excluding tert-OH is 1. The number of nitrogens with zero attached hydrogens (tertiary/aromatic N) is 1. The van der Waals surface area contributed by atoms with Gasteiger partial charge in [0.2, 0.25) is 0 Å². The molecule has 1 unspecified atom stereocenters.